The van der Waals surface area contributed by atoms with Crippen LogP contribution in [0.25, 0.3) is 11.0 Å². The van der Waals surface area contributed by atoms with Gasteiger partial charge >= 0.3 is 0 Å². The second-order valence-electron chi connectivity index (χ2n) is 6.58. The first-order valence-electron chi connectivity index (χ1n) is 8.85. The second-order valence-corrected chi connectivity index (χ2v) is 8.39. The molecule has 27 heavy (non-hydrogen) atoms. The first-order valence-corrected chi connectivity index (χ1v) is 10.3. The summed E-state index contributed by atoms with van der Waals surface area (Å²) < 4.78 is 33.7. The molecular formula is C19H22N4O3S. The third-order valence-corrected chi connectivity index (χ3v) is 6.50. The van der Waals surface area contributed by atoms with Gasteiger partial charge in [0.15, 0.2) is 0 Å². The third-order valence-electron chi connectivity index (χ3n) is 4.83. The number of nitrogens with zero attached hydrogens (tertiary/aromatic N) is 3. The van der Waals surface area contributed by atoms with Gasteiger partial charge in [-0.1, -0.05) is 0 Å². The summed E-state index contributed by atoms with van der Waals surface area (Å²) in [6.45, 7) is 2.07. The minimum Gasteiger partial charge on any atom is -0.490 e. The Morgan fingerprint density at radius 3 is 2.96 bits per heavy atom. The number of fused-ring (bicyclic) bond motifs is 2. The predicted octanol–water partition coefficient (Wildman–Crippen LogP) is 1.86. The quantitative estimate of drug-likeness (QED) is 0.721. The molecule has 4 rings (SSSR count). The molecule has 1 aliphatic rings. The van der Waals surface area contributed by atoms with Crippen LogP contribution in [0.5, 0.6) is 5.75 Å². The van der Waals surface area contributed by atoms with Gasteiger partial charge in [0.05, 0.1) is 28.2 Å². The van der Waals surface area contributed by atoms with Gasteiger partial charge in [-0.15, -0.1) is 0 Å². The molecule has 0 spiro atoms. The normalized spacial score (nSPS) is 14.2. The van der Waals surface area contributed by atoms with E-state index >= 15 is 0 Å². The number of ether oxygens (including phenoxy) is 1. The maximum atomic E-state index is 13.4. The fraction of sp³-hybridized carbons (Fsp3) is 0.316. The van der Waals surface area contributed by atoms with Crippen LogP contribution in [-0.4, -0.2) is 51.2 Å². The van der Waals surface area contributed by atoms with E-state index in [4.69, 9.17) is 4.74 Å². The van der Waals surface area contributed by atoms with E-state index in [0.717, 1.165) is 29.9 Å². The maximum Gasteiger partial charge on any atom is 0.268 e. The van der Waals surface area contributed by atoms with Crippen molar-refractivity contribution in [3.05, 3.63) is 48.3 Å². The Bertz CT molecular complexity index is 1090. The Balaban J connectivity index is 1.84. The summed E-state index contributed by atoms with van der Waals surface area (Å²) in [5.41, 5.74) is 3.00. The van der Waals surface area contributed by atoms with E-state index in [1.165, 1.54) is 3.97 Å². The SMILES string of the molecule is CNCCc1cn(S(=O)(=O)c2ccc3c(c2)N(C)CCO3)c2cccnc12. The molecular weight excluding hydrogens is 364 g/mol. The minimum atomic E-state index is -3.75. The highest BCUT2D eigenvalue weighted by molar-refractivity contribution is 7.90. The number of nitrogens with one attached hydrogen (secondary N) is 1. The zero-order chi connectivity index (χ0) is 19.0. The van der Waals surface area contributed by atoms with Crippen LogP contribution in [0.4, 0.5) is 5.69 Å². The van der Waals surface area contributed by atoms with E-state index in [1.807, 2.05) is 19.0 Å². The van der Waals surface area contributed by atoms with Crippen molar-refractivity contribution >= 4 is 26.7 Å². The molecule has 0 radical (unpaired) electrons. The van der Waals surface area contributed by atoms with Gasteiger partial charge in [0.25, 0.3) is 10.0 Å². The van der Waals surface area contributed by atoms with Gasteiger partial charge in [-0.3, -0.25) is 4.98 Å². The largest absolute Gasteiger partial charge is 0.490 e. The van der Waals surface area contributed by atoms with Crippen LogP contribution in [0.3, 0.4) is 0 Å². The van der Waals surface area contributed by atoms with Crippen LogP contribution in [-0.2, 0) is 16.4 Å². The molecule has 0 amide bonds. The van der Waals surface area contributed by atoms with Crippen molar-refractivity contribution in [3.8, 4) is 5.75 Å². The van der Waals surface area contributed by atoms with Gasteiger partial charge < -0.3 is 15.0 Å². The molecule has 0 aliphatic carbocycles. The highest BCUT2D eigenvalue weighted by Crippen LogP contribution is 2.34. The molecule has 2 aromatic heterocycles. The summed E-state index contributed by atoms with van der Waals surface area (Å²) in [7, 11) is 0.0506. The number of rotatable bonds is 5. The minimum absolute atomic E-state index is 0.236. The van der Waals surface area contributed by atoms with Crippen LogP contribution in [0.1, 0.15) is 5.56 Å². The van der Waals surface area contributed by atoms with E-state index in [-0.39, 0.29) is 4.90 Å². The number of likely N-dealkylation sites (N-methyl/N-ethyl adjacent to an activating group) is 2. The van der Waals surface area contributed by atoms with E-state index in [2.05, 4.69) is 10.3 Å². The lowest BCUT2D eigenvalue weighted by Gasteiger charge is -2.28. The van der Waals surface area contributed by atoms with Crippen LogP contribution in [0.15, 0.2) is 47.6 Å². The van der Waals surface area contributed by atoms with Gasteiger partial charge in [0, 0.05) is 19.4 Å². The molecule has 7 nitrogen and oxygen atoms in total. The van der Waals surface area contributed by atoms with E-state index in [9.17, 15) is 8.42 Å². The second kappa shape index (κ2) is 6.86. The van der Waals surface area contributed by atoms with Crippen LogP contribution >= 0.6 is 0 Å². The molecule has 0 atom stereocenters. The molecule has 3 heterocycles. The van der Waals surface area contributed by atoms with E-state index in [0.29, 0.717) is 24.3 Å². The molecule has 0 saturated carbocycles. The van der Waals surface area contributed by atoms with Crippen molar-refractivity contribution in [1.29, 1.82) is 0 Å². The molecule has 0 bridgehead atoms. The van der Waals surface area contributed by atoms with Crippen molar-refractivity contribution in [2.45, 2.75) is 11.3 Å². The zero-order valence-corrected chi connectivity index (χ0v) is 16.2. The third kappa shape index (κ3) is 3.04. The Hall–Kier alpha value is -2.58. The van der Waals surface area contributed by atoms with Crippen molar-refractivity contribution in [1.82, 2.24) is 14.3 Å². The summed E-state index contributed by atoms with van der Waals surface area (Å²) in [5.74, 6) is 0.705. The molecule has 0 fully saturated rings. The van der Waals surface area contributed by atoms with E-state index in [1.54, 1.807) is 42.7 Å². The standard InChI is InChI=1S/C19H22N4O3S/c1-20-9-7-14-13-23(16-4-3-8-21-19(14)16)27(24,25)15-5-6-18-17(12-15)22(2)10-11-26-18/h3-6,8,12-13,20H,7,9-11H2,1-2H3. The molecule has 0 unspecified atom stereocenters. The van der Waals surface area contributed by atoms with Crippen molar-refractivity contribution in [2.24, 2.45) is 0 Å². The first-order chi connectivity index (χ1) is 13.0. The number of aromatic nitrogens is 2. The van der Waals surface area contributed by atoms with Gasteiger partial charge in [-0.2, -0.15) is 0 Å². The Morgan fingerprint density at radius 2 is 2.15 bits per heavy atom. The monoisotopic (exact) mass is 386 g/mol. The number of anilines is 1. The smallest absolute Gasteiger partial charge is 0.268 e. The summed E-state index contributed by atoms with van der Waals surface area (Å²) in [5, 5.41) is 3.09. The Labute approximate surface area is 158 Å². The van der Waals surface area contributed by atoms with Crippen molar-refractivity contribution < 1.29 is 13.2 Å². The van der Waals surface area contributed by atoms with Crippen LogP contribution in [0, 0.1) is 0 Å². The molecule has 8 heteroatoms. The first kappa shape index (κ1) is 17.8. The number of hydrogen-bond acceptors (Lipinski definition) is 6. The molecule has 142 valence electrons. The van der Waals surface area contributed by atoms with Gasteiger partial charge in [0.2, 0.25) is 0 Å². The van der Waals surface area contributed by atoms with Crippen molar-refractivity contribution in [3.63, 3.8) is 0 Å². The molecule has 0 saturated heterocycles. The lowest BCUT2D eigenvalue weighted by molar-refractivity contribution is 0.311. The Morgan fingerprint density at radius 1 is 1.30 bits per heavy atom. The lowest BCUT2D eigenvalue weighted by Crippen LogP contribution is -2.29. The fourth-order valence-corrected chi connectivity index (χ4v) is 4.74. The molecule has 1 aliphatic heterocycles. The predicted molar refractivity (Wildman–Crippen MR) is 105 cm³/mol. The van der Waals surface area contributed by atoms with Crippen LogP contribution in [0.2, 0.25) is 0 Å². The summed E-state index contributed by atoms with van der Waals surface area (Å²) in [6, 6.07) is 8.55. The van der Waals surface area contributed by atoms with Crippen LogP contribution < -0.4 is 15.0 Å². The Kier molecular flexibility index (Phi) is 4.53. The number of benzene rings is 1. The van der Waals surface area contributed by atoms with Gasteiger partial charge in [-0.25, -0.2) is 12.4 Å². The number of hydrogen-bond donors (Lipinski definition) is 1. The molecule has 1 aromatic carbocycles. The van der Waals surface area contributed by atoms with Crippen molar-refractivity contribution in [2.75, 3.05) is 38.7 Å². The maximum absolute atomic E-state index is 13.4. The number of pyridine rings is 1. The summed E-state index contributed by atoms with van der Waals surface area (Å²) in [6.07, 6.45) is 4.07. The summed E-state index contributed by atoms with van der Waals surface area (Å²) >= 11 is 0. The lowest BCUT2D eigenvalue weighted by atomic mass is 10.2. The topological polar surface area (TPSA) is 76.5 Å². The average Bonchev–Trinajstić information content (AvgIpc) is 3.06. The van der Waals surface area contributed by atoms with Gasteiger partial charge in [-0.05, 0) is 55.9 Å². The summed E-state index contributed by atoms with van der Waals surface area (Å²) in [4.78, 5) is 6.64. The zero-order valence-electron chi connectivity index (χ0n) is 15.3. The highest BCUT2D eigenvalue weighted by atomic mass is 32.2. The molecule has 3 aromatic rings. The average molecular weight is 386 g/mol. The fourth-order valence-electron chi connectivity index (χ4n) is 3.34. The van der Waals surface area contributed by atoms with E-state index < -0.39 is 10.0 Å². The van der Waals surface area contributed by atoms with Gasteiger partial charge in [0.1, 0.15) is 12.4 Å². The molecule has 1 N–H and O–H groups in total. The highest BCUT2D eigenvalue weighted by Gasteiger charge is 2.24.